The minimum Gasteiger partial charge on any atom is -0.497 e. The van der Waals surface area contributed by atoms with Crippen LogP contribution in [0.2, 0.25) is 0 Å². The molecule has 2 aromatic carbocycles. The van der Waals surface area contributed by atoms with Crippen LogP contribution >= 0.6 is 0 Å². The number of aryl methyl sites for hydroxylation is 1. The second-order valence-corrected chi connectivity index (χ2v) is 9.96. The van der Waals surface area contributed by atoms with Crippen molar-refractivity contribution < 1.29 is 27.5 Å². The Hall–Kier alpha value is -3.31. The number of benzene rings is 2. The summed E-state index contributed by atoms with van der Waals surface area (Å²) in [5, 5.41) is 9.17. The van der Waals surface area contributed by atoms with Crippen LogP contribution in [0.5, 0.6) is 5.75 Å². The molecular formula is C21H22FN3O6S. The van der Waals surface area contributed by atoms with Crippen molar-refractivity contribution in [1.82, 2.24) is 15.0 Å². The first-order valence-corrected chi connectivity index (χ1v) is 11.4. The largest absolute Gasteiger partial charge is 0.497 e. The number of hydroxylamine groups is 1. The minimum absolute atomic E-state index is 0.131. The SMILES string of the molecule is COc1ccc(-c2ccc3c(=O)n(CCC(C)(C(=O)NO)S(C)(=O)=O)cnc3c2)c(F)c1. The molecule has 0 aliphatic heterocycles. The number of nitrogens with one attached hydrogen (secondary N) is 1. The second-order valence-electron chi connectivity index (χ2n) is 7.51. The maximum absolute atomic E-state index is 14.4. The molecule has 0 saturated heterocycles. The van der Waals surface area contributed by atoms with Gasteiger partial charge < -0.3 is 4.74 Å². The van der Waals surface area contributed by atoms with E-state index in [1.807, 2.05) is 0 Å². The van der Waals surface area contributed by atoms with Crippen molar-refractivity contribution in [1.29, 1.82) is 0 Å². The van der Waals surface area contributed by atoms with Gasteiger partial charge in [0.1, 0.15) is 11.6 Å². The molecular weight excluding hydrogens is 441 g/mol. The van der Waals surface area contributed by atoms with Gasteiger partial charge in [-0.25, -0.2) is 23.3 Å². The number of halogens is 1. The summed E-state index contributed by atoms with van der Waals surface area (Å²) < 4.78 is 42.8. The standard InChI is InChI=1S/C21H22FN3O6S/c1-21(20(27)24-28,32(3,29)30)8-9-25-12-23-18-10-13(4-6-16(18)19(25)26)15-7-5-14(31-2)11-17(15)22/h4-7,10-12,28H,8-9H2,1-3H3,(H,24,27). The first-order chi connectivity index (χ1) is 15.0. The highest BCUT2D eigenvalue weighted by Crippen LogP contribution is 2.28. The molecule has 0 aliphatic rings. The van der Waals surface area contributed by atoms with Crippen LogP contribution in [0.3, 0.4) is 0 Å². The number of carbonyl (C=O) groups is 1. The topological polar surface area (TPSA) is 128 Å². The molecule has 0 saturated carbocycles. The van der Waals surface area contributed by atoms with Crippen LogP contribution in [0.4, 0.5) is 4.39 Å². The summed E-state index contributed by atoms with van der Waals surface area (Å²) in [6.45, 7) is 1.04. The van der Waals surface area contributed by atoms with E-state index in [9.17, 15) is 22.4 Å². The molecule has 11 heteroatoms. The lowest BCUT2D eigenvalue weighted by atomic mass is 10.0. The predicted molar refractivity (Wildman–Crippen MR) is 116 cm³/mol. The maximum atomic E-state index is 14.4. The number of nitrogens with zero attached hydrogens (tertiary/aromatic N) is 2. The molecule has 3 rings (SSSR count). The number of methoxy groups -OCH3 is 1. The first-order valence-electron chi connectivity index (χ1n) is 9.49. The van der Waals surface area contributed by atoms with Crippen molar-refractivity contribution in [3.63, 3.8) is 0 Å². The molecule has 170 valence electrons. The highest BCUT2D eigenvalue weighted by atomic mass is 32.2. The summed E-state index contributed by atoms with van der Waals surface area (Å²) in [6.07, 6.45) is 1.85. The van der Waals surface area contributed by atoms with Gasteiger partial charge in [-0.1, -0.05) is 6.07 Å². The summed E-state index contributed by atoms with van der Waals surface area (Å²) in [5.74, 6) is -1.20. The van der Waals surface area contributed by atoms with Gasteiger partial charge in [0, 0.05) is 24.4 Å². The Morgan fingerprint density at radius 3 is 2.59 bits per heavy atom. The molecule has 32 heavy (non-hydrogen) atoms. The summed E-state index contributed by atoms with van der Waals surface area (Å²) >= 11 is 0. The molecule has 9 nitrogen and oxygen atoms in total. The number of aromatic nitrogens is 2. The van der Waals surface area contributed by atoms with Gasteiger partial charge in [-0.2, -0.15) is 0 Å². The number of ether oxygens (including phenoxy) is 1. The van der Waals surface area contributed by atoms with Gasteiger partial charge in [0.25, 0.3) is 11.5 Å². The number of amides is 1. The predicted octanol–water partition coefficient (Wildman–Crippen LogP) is 1.91. The van der Waals surface area contributed by atoms with Gasteiger partial charge in [0.15, 0.2) is 14.6 Å². The monoisotopic (exact) mass is 463 g/mol. The summed E-state index contributed by atoms with van der Waals surface area (Å²) in [5.41, 5.74) is 2.09. The van der Waals surface area contributed by atoms with Crippen LogP contribution in [-0.2, 0) is 21.2 Å². The quantitative estimate of drug-likeness (QED) is 0.405. The molecule has 0 spiro atoms. The van der Waals surface area contributed by atoms with Crippen molar-refractivity contribution in [2.24, 2.45) is 0 Å². The molecule has 0 bridgehead atoms. The second kappa shape index (κ2) is 8.67. The highest BCUT2D eigenvalue weighted by Gasteiger charge is 2.43. The lowest BCUT2D eigenvalue weighted by molar-refractivity contribution is -0.131. The van der Waals surface area contributed by atoms with Crippen LogP contribution in [0.15, 0.2) is 47.5 Å². The first kappa shape index (κ1) is 23.4. The molecule has 3 aromatic rings. The summed E-state index contributed by atoms with van der Waals surface area (Å²) in [7, 11) is -2.46. The van der Waals surface area contributed by atoms with Crippen molar-refractivity contribution >= 4 is 26.6 Å². The van der Waals surface area contributed by atoms with Crippen molar-refractivity contribution in [2.45, 2.75) is 24.6 Å². The lowest BCUT2D eigenvalue weighted by Crippen LogP contribution is -2.50. The molecule has 1 unspecified atom stereocenters. The van der Waals surface area contributed by atoms with Crippen LogP contribution in [0.25, 0.3) is 22.0 Å². The van der Waals surface area contributed by atoms with Crippen LogP contribution in [0.1, 0.15) is 13.3 Å². The number of hydrogen-bond donors (Lipinski definition) is 2. The van der Waals surface area contributed by atoms with E-state index in [4.69, 9.17) is 9.94 Å². The molecule has 0 aliphatic carbocycles. The van der Waals surface area contributed by atoms with E-state index in [-0.39, 0.29) is 18.4 Å². The van der Waals surface area contributed by atoms with E-state index in [1.165, 1.54) is 42.5 Å². The van der Waals surface area contributed by atoms with Crippen molar-refractivity contribution in [3.8, 4) is 16.9 Å². The van der Waals surface area contributed by atoms with Gasteiger partial charge >= 0.3 is 0 Å². The Kier molecular flexibility index (Phi) is 6.33. The molecule has 1 atom stereocenters. The average molecular weight is 463 g/mol. The number of rotatable bonds is 7. The zero-order chi connectivity index (χ0) is 23.7. The number of fused-ring (bicyclic) bond motifs is 1. The lowest BCUT2D eigenvalue weighted by Gasteiger charge is -2.25. The minimum atomic E-state index is -3.90. The fraction of sp³-hybridized carbons (Fsp3) is 0.286. The third kappa shape index (κ3) is 4.21. The Labute approximate surface area is 183 Å². The zero-order valence-corrected chi connectivity index (χ0v) is 18.4. The third-order valence-electron chi connectivity index (χ3n) is 5.54. The maximum Gasteiger partial charge on any atom is 0.264 e. The van der Waals surface area contributed by atoms with E-state index in [0.29, 0.717) is 22.4 Å². The number of carbonyl (C=O) groups excluding carboxylic acids is 1. The smallest absolute Gasteiger partial charge is 0.264 e. The zero-order valence-electron chi connectivity index (χ0n) is 17.6. The normalized spacial score (nSPS) is 13.5. The number of sulfone groups is 1. The molecule has 0 radical (unpaired) electrons. The molecule has 0 fully saturated rings. The van der Waals surface area contributed by atoms with E-state index in [1.54, 1.807) is 24.3 Å². The van der Waals surface area contributed by atoms with Crippen molar-refractivity contribution in [3.05, 3.63) is 58.9 Å². The molecule has 1 amide bonds. The summed E-state index contributed by atoms with van der Waals surface area (Å²) in [4.78, 5) is 29.1. The Morgan fingerprint density at radius 2 is 2.00 bits per heavy atom. The Morgan fingerprint density at radius 1 is 1.28 bits per heavy atom. The number of hydrogen-bond acceptors (Lipinski definition) is 7. The average Bonchev–Trinajstić information content (AvgIpc) is 2.76. The van der Waals surface area contributed by atoms with Crippen LogP contribution < -0.4 is 15.8 Å². The van der Waals surface area contributed by atoms with E-state index < -0.39 is 31.9 Å². The van der Waals surface area contributed by atoms with Gasteiger partial charge in [-0.15, -0.1) is 0 Å². The fourth-order valence-corrected chi connectivity index (χ4v) is 4.11. The Bertz CT molecular complexity index is 1360. The summed E-state index contributed by atoms with van der Waals surface area (Å²) in [6, 6.07) is 9.11. The van der Waals surface area contributed by atoms with E-state index >= 15 is 0 Å². The third-order valence-corrected chi connectivity index (χ3v) is 7.57. The molecule has 1 aromatic heterocycles. The Balaban J connectivity index is 1.95. The van der Waals surface area contributed by atoms with Crippen LogP contribution in [-0.4, -0.2) is 47.2 Å². The van der Waals surface area contributed by atoms with Crippen molar-refractivity contribution in [2.75, 3.05) is 13.4 Å². The van der Waals surface area contributed by atoms with E-state index in [2.05, 4.69) is 4.98 Å². The fourth-order valence-electron chi connectivity index (χ4n) is 3.26. The van der Waals surface area contributed by atoms with Crippen LogP contribution in [0, 0.1) is 5.82 Å². The van der Waals surface area contributed by atoms with Gasteiger partial charge in [0.2, 0.25) is 0 Å². The highest BCUT2D eigenvalue weighted by molar-refractivity contribution is 7.92. The molecule has 1 heterocycles. The van der Waals surface area contributed by atoms with Gasteiger partial charge in [-0.3, -0.25) is 19.4 Å². The van der Waals surface area contributed by atoms with E-state index in [0.717, 1.165) is 6.26 Å². The van der Waals surface area contributed by atoms with Gasteiger partial charge in [-0.05, 0) is 43.2 Å². The molecule has 2 N–H and O–H groups in total. The van der Waals surface area contributed by atoms with Gasteiger partial charge in [0.05, 0.1) is 24.3 Å².